The van der Waals surface area contributed by atoms with Crippen LogP contribution in [0.25, 0.3) is 0 Å². The SMILES string of the molecule is C[C@@H](C(=O)N[C@H]1CCc2ccc(OCCc3ccccc3)cc2NC1=O)N(C)C(=O)OC(C)(C)C. The van der Waals surface area contributed by atoms with Crippen molar-refractivity contribution in [2.75, 3.05) is 19.0 Å². The van der Waals surface area contributed by atoms with Crippen LogP contribution in [-0.2, 0) is 27.2 Å². The first kappa shape index (κ1) is 26.1. The fourth-order valence-corrected chi connectivity index (χ4v) is 3.66. The number of aryl methyl sites for hydroxylation is 1. The lowest BCUT2D eigenvalue weighted by molar-refractivity contribution is -0.129. The number of carbonyl (C=O) groups excluding carboxylic acids is 3. The van der Waals surface area contributed by atoms with Gasteiger partial charge in [0.25, 0.3) is 0 Å². The van der Waals surface area contributed by atoms with Crippen LogP contribution in [0.1, 0.15) is 45.2 Å². The fraction of sp³-hybridized carbons (Fsp3) is 0.444. The standard InChI is InChI=1S/C27H35N3O5/c1-18(30(5)26(33)35-27(2,3)4)24(31)28-22-14-12-20-11-13-21(17-23(20)29-25(22)32)34-16-15-19-9-7-6-8-10-19/h6-11,13,17-18,22H,12,14-16H2,1-5H3,(H,28,31)(H,29,32)/t18-,22-/m0/s1. The summed E-state index contributed by atoms with van der Waals surface area (Å²) < 4.78 is 11.2. The number of carbonyl (C=O) groups is 3. The molecule has 0 bridgehead atoms. The fourth-order valence-electron chi connectivity index (χ4n) is 3.66. The van der Waals surface area contributed by atoms with Crippen LogP contribution < -0.4 is 15.4 Å². The maximum atomic E-state index is 12.9. The van der Waals surface area contributed by atoms with Crippen molar-refractivity contribution in [1.82, 2.24) is 10.2 Å². The molecule has 2 N–H and O–H groups in total. The van der Waals surface area contributed by atoms with E-state index in [1.807, 2.05) is 36.4 Å². The molecule has 1 aliphatic heterocycles. The van der Waals surface area contributed by atoms with Gasteiger partial charge in [0.05, 0.1) is 6.61 Å². The van der Waals surface area contributed by atoms with Gasteiger partial charge in [-0.3, -0.25) is 14.5 Å². The number of hydrogen-bond acceptors (Lipinski definition) is 5. The molecule has 0 saturated heterocycles. The average Bonchev–Trinajstić information content (AvgIpc) is 2.95. The molecule has 0 aliphatic carbocycles. The summed E-state index contributed by atoms with van der Waals surface area (Å²) >= 11 is 0. The number of benzene rings is 2. The third-order valence-electron chi connectivity index (χ3n) is 5.82. The molecule has 1 heterocycles. The van der Waals surface area contributed by atoms with Gasteiger partial charge in [-0.05, 0) is 57.7 Å². The van der Waals surface area contributed by atoms with Crippen molar-refractivity contribution >= 4 is 23.6 Å². The molecule has 0 spiro atoms. The van der Waals surface area contributed by atoms with Gasteiger partial charge in [0.1, 0.15) is 23.4 Å². The number of ether oxygens (including phenoxy) is 2. The number of hydrogen-bond donors (Lipinski definition) is 2. The number of nitrogens with zero attached hydrogens (tertiary/aromatic N) is 1. The summed E-state index contributed by atoms with van der Waals surface area (Å²) in [6.45, 7) is 7.41. The van der Waals surface area contributed by atoms with E-state index in [2.05, 4.69) is 22.8 Å². The first-order valence-corrected chi connectivity index (χ1v) is 11.9. The highest BCUT2D eigenvalue weighted by Crippen LogP contribution is 2.27. The van der Waals surface area contributed by atoms with Crippen LogP contribution in [0.15, 0.2) is 48.5 Å². The Morgan fingerprint density at radius 3 is 2.57 bits per heavy atom. The molecule has 0 aromatic heterocycles. The van der Waals surface area contributed by atoms with Gasteiger partial charge >= 0.3 is 6.09 Å². The van der Waals surface area contributed by atoms with E-state index in [9.17, 15) is 14.4 Å². The molecule has 0 saturated carbocycles. The first-order chi connectivity index (χ1) is 16.5. The smallest absolute Gasteiger partial charge is 0.410 e. The van der Waals surface area contributed by atoms with Crippen LogP contribution in [-0.4, -0.2) is 54.1 Å². The minimum atomic E-state index is -0.798. The van der Waals surface area contributed by atoms with Gasteiger partial charge < -0.3 is 20.1 Å². The van der Waals surface area contributed by atoms with E-state index >= 15 is 0 Å². The van der Waals surface area contributed by atoms with Gasteiger partial charge in [0, 0.05) is 25.2 Å². The molecule has 188 valence electrons. The number of nitrogens with one attached hydrogen (secondary N) is 2. The average molecular weight is 482 g/mol. The zero-order valence-electron chi connectivity index (χ0n) is 21.1. The molecule has 2 atom stereocenters. The summed E-state index contributed by atoms with van der Waals surface area (Å²) in [6, 6.07) is 14.2. The number of anilines is 1. The number of likely N-dealkylation sites (N-methyl/N-ethyl adjacent to an activating group) is 1. The molecule has 3 amide bonds. The maximum absolute atomic E-state index is 12.9. The van der Waals surface area contributed by atoms with Gasteiger partial charge in [0.15, 0.2) is 0 Å². The maximum Gasteiger partial charge on any atom is 0.410 e. The second-order valence-corrected chi connectivity index (χ2v) is 9.76. The van der Waals surface area contributed by atoms with Crippen molar-refractivity contribution in [1.29, 1.82) is 0 Å². The van der Waals surface area contributed by atoms with Crippen molar-refractivity contribution in [3.05, 3.63) is 59.7 Å². The first-order valence-electron chi connectivity index (χ1n) is 11.9. The quantitative estimate of drug-likeness (QED) is 0.625. The highest BCUT2D eigenvalue weighted by molar-refractivity contribution is 5.99. The largest absolute Gasteiger partial charge is 0.493 e. The van der Waals surface area contributed by atoms with E-state index in [0.717, 1.165) is 12.0 Å². The lowest BCUT2D eigenvalue weighted by Gasteiger charge is -2.29. The van der Waals surface area contributed by atoms with Crippen LogP contribution in [0.5, 0.6) is 5.75 Å². The predicted molar refractivity (Wildman–Crippen MR) is 134 cm³/mol. The van der Waals surface area contributed by atoms with Gasteiger partial charge in [-0.1, -0.05) is 36.4 Å². The molecule has 0 fully saturated rings. The Bertz CT molecular complexity index is 1050. The van der Waals surface area contributed by atoms with E-state index < -0.39 is 29.7 Å². The van der Waals surface area contributed by atoms with Crippen molar-refractivity contribution in [2.45, 2.75) is 64.6 Å². The molecular weight excluding hydrogens is 446 g/mol. The Hall–Kier alpha value is -3.55. The normalized spacial score (nSPS) is 16.3. The van der Waals surface area contributed by atoms with Crippen LogP contribution in [0.3, 0.4) is 0 Å². The Morgan fingerprint density at radius 2 is 1.89 bits per heavy atom. The van der Waals surface area contributed by atoms with E-state index in [-0.39, 0.29) is 5.91 Å². The Balaban J connectivity index is 1.56. The highest BCUT2D eigenvalue weighted by atomic mass is 16.6. The third-order valence-corrected chi connectivity index (χ3v) is 5.82. The summed E-state index contributed by atoms with van der Waals surface area (Å²) in [5.74, 6) is -0.0462. The highest BCUT2D eigenvalue weighted by Gasteiger charge is 2.31. The Kier molecular flexibility index (Phi) is 8.38. The number of fused-ring (bicyclic) bond motifs is 1. The van der Waals surface area contributed by atoms with E-state index in [4.69, 9.17) is 9.47 Å². The summed E-state index contributed by atoms with van der Waals surface area (Å²) in [5, 5.41) is 5.69. The lowest BCUT2D eigenvalue weighted by atomic mass is 10.1. The second-order valence-electron chi connectivity index (χ2n) is 9.76. The summed E-state index contributed by atoms with van der Waals surface area (Å²) in [4.78, 5) is 39.2. The monoisotopic (exact) mass is 481 g/mol. The lowest BCUT2D eigenvalue weighted by Crippen LogP contribution is -2.52. The van der Waals surface area contributed by atoms with Gasteiger partial charge in [-0.25, -0.2) is 4.79 Å². The molecule has 2 aromatic carbocycles. The molecule has 0 radical (unpaired) electrons. The van der Waals surface area contributed by atoms with Crippen LogP contribution >= 0.6 is 0 Å². The van der Waals surface area contributed by atoms with E-state index in [1.54, 1.807) is 27.7 Å². The summed E-state index contributed by atoms with van der Waals surface area (Å²) in [6.07, 6.45) is 1.24. The predicted octanol–water partition coefficient (Wildman–Crippen LogP) is 3.93. The molecule has 1 aliphatic rings. The molecule has 35 heavy (non-hydrogen) atoms. The Morgan fingerprint density at radius 1 is 1.17 bits per heavy atom. The van der Waals surface area contributed by atoms with Crippen molar-refractivity contribution < 1.29 is 23.9 Å². The van der Waals surface area contributed by atoms with Crippen LogP contribution in [0.4, 0.5) is 10.5 Å². The van der Waals surface area contributed by atoms with Crippen molar-refractivity contribution in [3.63, 3.8) is 0 Å². The van der Waals surface area contributed by atoms with Crippen LogP contribution in [0, 0.1) is 0 Å². The molecule has 2 aromatic rings. The number of amides is 3. The van der Waals surface area contributed by atoms with Gasteiger partial charge in [0.2, 0.25) is 11.8 Å². The summed E-state index contributed by atoms with van der Waals surface area (Å²) in [7, 11) is 1.50. The molecule has 8 nitrogen and oxygen atoms in total. The minimum absolute atomic E-state index is 0.300. The minimum Gasteiger partial charge on any atom is -0.493 e. The van der Waals surface area contributed by atoms with Crippen molar-refractivity contribution in [2.24, 2.45) is 0 Å². The summed E-state index contributed by atoms with van der Waals surface area (Å²) in [5.41, 5.74) is 2.19. The second kappa shape index (κ2) is 11.3. The Labute approximate surface area is 207 Å². The third kappa shape index (κ3) is 7.47. The zero-order valence-corrected chi connectivity index (χ0v) is 21.1. The van der Waals surface area contributed by atoms with E-state index in [0.29, 0.717) is 30.9 Å². The molecule has 0 unspecified atom stereocenters. The van der Waals surface area contributed by atoms with Gasteiger partial charge in [-0.15, -0.1) is 0 Å². The van der Waals surface area contributed by atoms with Crippen LogP contribution in [0.2, 0.25) is 0 Å². The molecule has 3 rings (SSSR count). The number of rotatable bonds is 7. The molecule has 8 heteroatoms. The van der Waals surface area contributed by atoms with Gasteiger partial charge in [-0.2, -0.15) is 0 Å². The topological polar surface area (TPSA) is 97.0 Å². The zero-order chi connectivity index (χ0) is 25.6. The molecular formula is C27H35N3O5. The van der Waals surface area contributed by atoms with Crippen molar-refractivity contribution in [3.8, 4) is 5.75 Å². The van der Waals surface area contributed by atoms with E-state index in [1.165, 1.54) is 17.5 Å².